The summed E-state index contributed by atoms with van der Waals surface area (Å²) in [6.07, 6.45) is 28.5. The number of non-ortho nitro benzene ring substituents is 1. The molecule has 0 aromatic heterocycles. The SMILES string of the molecule is CC1Oc2c(cc([N+](=O)[O-])cc2C(C)(C)C)C=[N+]1c1ccccc1.CC1Oc2cc3c(cc2C=[N+]1c1ccccc1)CCCC3.CC1Oc2cc3c(cc2C=[N+]1c1ccccc1)OCO3.CC1Oc2ccccc2C=[N+]1C1CCCCC1.CCC.CCC.CCC.CCC.CCC.Cc1c(C)c2c(c3c1OC(C)[N+](c1ccccc1)=C3)OCO2. The van der Waals surface area contributed by atoms with Crippen LogP contribution >= 0.6 is 0 Å². The fourth-order valence-electron chi connectivity index (χ4n) is 14.8. The van der Waals surface area contributed by atoms with Gasteiger partial charge in [-0.05, 0) is 98.7 Å². The van der Waals surface area contributed by atoms with Crippen molar-refractivity contribution < 1.29 is 70.4 Å². The Hall–Kier alpha value is -11.1. The van der Waals surface area contributed by atoms with E-state index in [0.717, 1.165) is 102 Å². The molecule has 1 fully saturated rings. The van der Waals surface area contributed by atoms with Crippen LogP contribution in [-0.2, 0) is 18.3 Å². The first-order valence-corrected chi connectivity index (χ1v) is 43.6. The number of aryl methyl sites for hydroxylation is 2. The third kappa shape index (κ3) is 24.1. The van der Waals surface area contributed by atoms with Crippen molar-refractivity contribution in [2.45, 2.75) is 271 Å². The third-order valence-electron chi connectivity index (χ3n) is 20.4. The number of nitrogens with zero attached hydrogens (tertiary/aromatic N) is 6. The van der Waals surface area contributed by atoms with Gasteiger partial charge >= 0.3 is 0 Å². The largest absolute Gasteiger partial charge is 0.454 e. The maximum Gasteiger partial charge on any atom is 0.299 e. The Morgan fingerprint density at radius 1 is 0.370 bits per heavy atom. The van der Waals surface area contributed by atoms with E-state index in [0.29, 0.717) is 6.04 Å². The highest BCUT2D eigenvalue weighted by Gasteiger charge is 2.39. The standard InChI is InChI=1S/C19H21N2O3.C19H20NO.C18H18NO3.C16H14NO3.C15H20NO.5C3H8/c1-13-20(15-8-6-5-7-9-15)12-14-10-16(21(22)23)11-17(18(14)24-13)19(2,3)4;1-14-20(18-9-3-2-4-10-18)13-17-11-15-7-5-6-8-16(15)12-19(17)21-14;1-11-12(2)17-18(21-10-20-17)15-9-19(13(3)22-16(11)15)14-7-5-4-6-8-14;1-11-17(13-5-3-2-4-6-13)9-12-7-15-16(19-10-18-15)8-14(12)20-11;1-12-16(14-8-3-2-4-9-14)11-13-7-5-6-10-15(13)17-12;5*1-3-2/h5-13H,1-4H3;2-4,9-14H,5-8H2,1H3;4-9,13H,10H2,1-3H3;2-9,11H,10H2,1H3;5-7,10-12,14H,2-4,8-9H2,1H3;5*3H2,1-2H3/q5*+1;;;;;. The second-order valence-corrected chi connectivity index (χ2v) is 32.1. The summed E-state index contributed by atoms with van der Waals surface area (Å²) in [4.78, 5) is 11.0. The summed E-state index contributed by atoms with van der Waals surface area (Å²) in [7, 11) is 0. The van der Waals surface area contributed by atoms with Crippen molar-refractivity contribution in [2.24, 2.45) is 0 Å². The van der Waals surface area contributed by atoms with Crippen molar-refractivity contribution in [1.82, 2.24) is 0 Å². The van der Waals surface area contributed by atoms with Crippen molar-refractivity contribution in [1.29, 1.82) is 0 Å². The molecule has 17 heteroatoms. The molecule has 0 saturated heterocycles. The lowest BCUT2D eigenvalue weighted by molar-refractivity contribution is -0.631. The topological polar surface area (TPSA) is 141 Å². The molecule has 9 aromatic rings. The van der Waals surface area contributed by atoms with Gasteiger partial charge in [-0.15, -0.1) is 0 Å². The number of ether oxygens (including phenoxy) is 9. The van der Waals surface area contributed by atoms with Crippen molar-refractivity contribution in [2.75, 3.05) is 13.6 Å². The maximum absolute atomic E-state index is 11.3. The van der Waals surface area contributed by atoms with E-state index < -0.39 is 0 Å². The molecule has 0 radical (unpaired) electrons. The fourth-order valence-corrected chi connectivity index (χ4v) is 14.8. The normalized spacial score (nSPS) is 17.8. The molecule has 632 valence electrons. The third-order valence-corrected chi connectivity index (χ3v) is 20.4. The zero-order chi connectivity index (χ0) is 85.7. The lowest BCUT2D eigenvalue weighted by atomic mass is 9.84. The van der Waals surface area contributed by atoms with Crippen molar-refractivity contribution in [3.8, 4) is 51.7 Å². The average molecular weight is 1620 g/mol. The number of rotatable bonds is 6. The molecule has 18 rings (SSSR count). The molecule has 5 unspecified atom stereocenters. The quantitative estimate of drug-likeness (QED) is 0.0892. The molecule has 119 heavy (non-hydrogen) atoms. The predicted molar refractivity (Wildman–Crippen MR) is 485 cm³/mol. The molecule has 9 aromatic carbocycles. The first kappa shape index (κ1) is 91.8. The summed E-state index contributed by atoms with van der Waals surface area (Å²) in [5.74, 6) is 7.64. The number of para-hydroxylation sites is 5. The van der Waals surface area contributed by atoms with Crippen LogP contribution in [0.2, 0.25) is 0 Å². The van der Waals surface area contributed by atoms with Gasteiger partial charge in [0.2, 0.25) is 36.3 Å². The molecule has 0 N–H and O–H groups in total. The van der Waals surface area contributed by atoms with E-state index in [9.17, 15) is 10.1 Å². The number of fused-ring (bicyclic) bond motifs is 9. The lowest BCUT2D eigenvalue weighted by Crippen LogP contribution is -2.41. The van der Waals surface area contributed by atoms with Gasteiger partial charge in [0.25, 0.3) is 36.8 Å². The number of hydrogen-bond acceptors (Lipinski definition) is 11. The van der Waals surface area contributed by atoms with Crippen LogP contribution in [0.4, 0.5) is 28.4 Å². The minimum absolute atomic E-state index is 0.0292. The van der Waals surface area contributed by atoms with Crippen molar-refractivity contribution in [3.63, 3.8) is 0 Å². The summed E-state index contributed by atoms with van der Waals surface area (Å²) < 4.78 is 63.4. The number of hydrogen-bond donors (Lipinski definition) is 0. The second-order valence-electron chi connectivity index (χ2n) is 32.1. The monoisotopic (exact) mass is 1620 g/mol. The zero-order valence-electron chi connectivity index (χ0n) is 74.7. The van der Waals surface area contributed by atoms with Gasteiger partial charge in [-0.3, -0.25) is 10.1 Å². The van der Waals surface area contributed by atoms with Crippen LogP contribution in [0.1, 0.15) is 257 Å². The van der Waals surface area contributed by atoms with E-state index >= 15 is 0 Å². The van der Waals surface area contributed by atoms with Gasteiger partial charge in [-0.2, -0.15) is 22.9 Å². The molecular formula is C102H133N6O11+5. The first-order valence-electron chi connectivity index (χ1n) is 43.6. The number of nitro groups is 1. The zero-order valence-corrected chi connectivity index (χ0v) is 74.7. The number of benzene rings is 9. The van der Waals surface area contributed by atoms with E-state index in [1.807, 2.05) is 150 Å². The molecule has 7 heterocycles. The van der Waals surface area contributed by atoms with Crippen LogP contribution in [0.15, 0.2) is 182 Å². The summed E-state index contributed by atoms with van der Waals surface area (Å²) in [5, 5.41) is 11.3. The van der Waals surface area contributed by atoms with Crippen LogP contribution in [0.25, 0.3) is 0 Å². The highest BCUT2D eigenvalue weighted by molar-refractivity contribution is 5.90. The van der Waals surface area contributed by atoms with Crippen LogP contribution in [0.3, 0.4) is 0 Å². The molecule has 0 bridgehead atoms. The molecule has 7 aliphatic heterocycles. The fraction of sp³-hybridized carbons (Fsp3) is 0.422. The Kier molecular flexibility index (Phi) is 34.9. The number of nitro benzene ring substituents is 1. The Morgan fingerprint density at radius 3 is 1.26 bits per heavy atom. The van der Waals surface area contributed by atoms with Gasteiger partial charge in [-0.1, -0.05) is 213 Å². The summed E-state index contributed by atoms with van der Waals surface area (Å²) >= 11 is 0. The molecule has 0 spiro atoms. The Balaban J connectivity index is 0.000000163. The highest BCUT2D eigenvalue weighted by Crippen LogP contribution is 2.48. The van der Waals surface area contributed by atoms with Gasteiger partial charge in [-0.25, -0.2) is 0 Å². The summed E-state index contributed by atoms with van der Waals surface area (Å²) in [6, 6.07) is 61.3. The smallest absolute Gasteiger partial charge is 0.299 e. The van der Waals surface area contributed by atoms with Crippen LogP contribution in [0.5, 0.6) is 51.7 Å². The van der Waals surface area contributed by atoms with E-state index in [2.05, 4.69) is 212 Å². The van der Waals surface area contributed by atoms with Crippen LogP contribution in [0, 0.1) is 24.0 Å². The minimum atomic E-state index is -0.353. The van der Waals surface area contributed by atoms with Crippen LogP contribution < -0.4 is 42.6 Å². The molecule has 0 amide bonds. The maximum atomic E-state index is 11.3. The Labute approximate surface area is 710 Å². The Bertz CT molecular complexity index is 4920. The van der Waals surface area contributed by atoms with E-state index in [4.69, 9.17) is 42.6 Å². The van der Waals surface area contributed by atoms with Crippen molar-refractivity contribution in [3.05, 3.63) is 248 Å². The first-order chi connectivity index (χ1) is 57.5. The molecule has 9 aliphatic rings. The molecule has 5 atom stereocenters. The average Bonchev–Trinajstić information content (AvgIpc) is 1.72. The van der Waals surface area contributed by atoms with Gasteiger partial charge in [0.15, 0.2) is 60.1 Å². The van der Waals surface area contributed by atoms with Gasteiger partial charge in [0.1, 0.15) is 34.3 Å². The summed E-state index contributed by atoms with van der Waals surface area (Å²) in [6.45, 7) is 42.3. The van der Waals surface area contributed by atoms with Crippen LogP contribution in [-0.4, -0.2) is 110 Å². The van der Waals surface area contributed by atoms with E-state index in [1.165, 1.54) is 118 Å². The lowest BCUT2D eigenvalue weighted by Gasteiger charge is -2.27. The molecule has 1 saturated carbocycles. The van der Waals surface area contributed by atoms with Gasteiger partial charge < -0.3 is 42.6 Å². The minimum Gasteiger partial charge on any atom is -0.454 e. The van der Waals surface area contributed by atoms with E-state index in [1.54, 1.807) is 12.1 Å². The van der Waals surface area contributed by atoms with Gasteiger partial charge in [0, 0.05) is 131 Å². The Morgan fingerprint density at radius 2 is 0.765 bits per heavy atom. The second kappa shape index (κ2) is 45.2. The highest BCUT2D eigenvalue weighted by atomic mass is 16.7. The van der Waals surface area contributed by atoms with Gasteiger partial charge in [0.05, 0.1) is 27.2 Å². The molecule has 17 nitrogen and oxygen atoms in total. The van der Waals surface area contributed by atoms with E-state index in [-0.39, 0.29) is 60.8 Å². The van der Waals surface area contributed by atoms with Crippen molar-refractivity contribution >= 4 is 59.5 Å². The summed E-state index contributed by atoms with van der Waals surface area (Å²) in [5.41, 5.74) is 15.3. The predicted octanol–water partition coefficient (Wildman–Crippen LogP) is 25.2. The molecule has 2 aliphatic carbocycles. The molecular weight excluding hydrogens is 1490 g/mol.